The summed E-state index contributed by atoms with van der Waals surface area (Å²) in [5.74, 6) is 0. The normalized spacial score (nSPS) is 11.1. The number of rotatable bonds is 3. The number of fused-ring (bicyclic) bond motifs is 1. The van der Waals surface area contributed by atoms with E-state index in [0.29, 0.717) is 0 Å². The zero-order valence-electron chi connectivity index (χ0n) is 12.1. The summed E-state index contributed by atoms with van der Waals surface area (Å²) in [4.78, 5) is 4.09. The van der Waals surface area contributed by atoms with Crippen LogP contribution < -0.4 is 0 Å². The molecule has 4 rings (SSSR count). The fourth-order valence-electron chi connectivity index (χ4n) is 2.66. The lowest BCUT2D eigenvalue weighted by atomic mass is 10.0. The van der Waals surface area contributed by atoms with Gasteiger partial charge in [0.25, 0.3) is 0 Å². The van der Waals surface area contributed by atoms with Gasteiger partial charge in [-0.15, -0.1) is 0 Å². The molecule has 0 unspecified atom stereocenters. The maximum Gasteiger partial charge on any atom is 0.107 e. The Labute approximate surface area is 132 Å². The van der Waals surface area contributed by atoms with E-state index in [1.54, 1.807) is 6.20 Å². The van der Waals surface area contributed by atoms with Gasteiger partial charge in [0.05, 0.1) is 18.1 Å². The average molecular weight is 306 g/mol. The molecule has 0 fully saturated rings. The van der Waals surface area contributed by atoms with Gasteiger partial charge in [0.1, 0.15) is 11.0 Å². The number of nitrogens with zero attached hydrogens (tertiary/aromatic N) is 4. The van der Waals surface area contributed by atoms with Crippen molar-refractivity contribution in [3.8, 4) is 11.1 Å². The van der Waals surface area contributed by atoms with E-state index >= 15 is 0 Å². The van der Waals surface area contributed by atoms with Crippen LogP contribution in [-0.2, 0) is 6.54 Å². The van der Waals surface area contributed by atoms with Gasteiger partial charge in [0, 0.05) is 18.9 Å². The predicted octanol–water partition coefficient (Wildman–Crippen LogP) is 3.91. The lowest BCUT2D eigenvalue weighted by Crippen LogP contribution is -1.96. The van der Waals surface area contributed by atoms with Crippen LogP contribution in [0.5, 0.6) is 0 Å². The van der Waals surface area contributed by atoms with Crippen LogP contribution in [0.25, 0.3) is 22.2 Å². The van der Waals surface area contributed by atoms with Crippen molar-refractivity contribution in [2.75, 3.05) is 0 Å². The first-order chi connectivity index (χ1) is 10.8. The maximum absolute atomic E-state index is 4.37. The van der Waals surface area contributed by atoms with Crippen LogP contribution in [0.15, 0.2) is 55.1 Å². The Morgan fingerprint density at radius 1 is 1.09 bits per heavy atom. The second-order valence-corrected chi connectivity index (χ2v) is 5.89. The van der Waals surface area contributed by atoms with Crippen LogP contribution in [0.3, 0.4) is 0 Å². The number of aromatic nitrogens is 4. The second kappa shape index (κ2) is 5.35. The minimum Gasteiger partial charge on any atom is -0.333 e. The molecule has 2 aromatic heterocycles. The molecule has 0 saturated carbocycles. The van der Waals surface area contributed by atoms with Crippen molar-refractivity contribution < 1.29 is 0 Å². The summed E-state index contributed by atoms with van der Waals surface area (Å²) in [6.07, 6.45) is 5.62. The molecule has 5 heteroatoms. The largest absolute Gasteiger partial charge is 0.333 e. The first-order valence-electron chi connectivity index (χ1n) is 7.07. The number of imidazole rings is 1. The highest BCUT2D eigenvalue weighted by Crippen LogP contribution is 2.27. The van der Waals surface area contributed by atoms with E-state index in [1.807, 2.05) is 12.5 Å². The maximum atomic E-state index is 4.37. The summed E-state index contributed by atoms with van der Waals surface area (Å²) >= 11 is 1.27. The zero-order chi connectivity index (χ0) is 14.9. The first kappa shape index (κ1) is 13.2. The molecule has 0 radical (unpaired) electrons. The van der Waals surface area contributed by atoms with Crippen LogP contribution in [0.1, 0.15) is 11.1 Å². The summed E-state index contributed by atoms with van der Waals surface area (Å²) in [6, 6.07) is 12.9. The van der Waals surface area contributed by atoms with E-state index in [1.165, 1.54) is 34.0 Å². The Morgan fingerprint density at radius 3 is 2.91 bits per heavy atom. The van der Waals surface area contributed by atoms with Crippen LogP contribution in [0, 0.1) is 6.92 Å². The van der Waals surface area contributed by atoms with Gasteiger partial charge >= 0.3 is 0 Å². The van der Waals surface area contributed by atoms with Crippen LogP contribution in [0.4, 0.5) is 0 Å². The summed E-state index contributed by atoms with van der Waals surface area (Å²) in [6.45, 7) is 2.91. The Kier molecular flexibility index (Phi) is 3.20. The topological polar surface area (TPSA) is 43.6 Å². The van der Waals surface area contributed by atoms with Gasteiger partial charge < -0.3 is 4.57 Å². The average Bonchev–Trinajstić information content (AvgIpc) is 3.19. The van der Waals surface area contributed by atoms with Crippen molar-refractivity contribution in [2.45, 2.75) is 13.5 Å². The molecule has 0 saturated heterocycles. The molecular formula is C17H14N4S. The first-order valence-corrected chi connectivity index (χ1v) is 7.80. The van der Waals surface area contributed by atoms with Crippen molar-refractivity contribution in [1.29, 1.82) is 0 Å². The number of hydrogen-bond acceptors (Lipinski definition) is 4. The van der Waals surface area contributed by atoms with E-state index in [2.05, 4.69) is 61.6 Å². The third-order valence-corrected chi connectivity index (χ3v) is 4.28. The molecule has 22 heavy (non-hydrogen) atoms. The fourth-order valence-corrected chi connectivity index (χ4v) is 3.25. The van der Waals surface area contributed by atoms with Gasteiger partial charge in [-0.1, -0.05) is 18.2 Å². The Balaban J connectivity index is 1.74. The Bertz CT molecular complexity index is 925. The summed E-state index contributed by atoms with van der Waals surface area (Å²) < 4.78 is 10.8. The van der Waals surface area contributed by atoms with Crippen LogP contribution >= 0.6 is 11.7 Å². The lowest BCUT2D eigenvalue weighted by Gasteiger charge is -2.07. The number of aryl methyl sites for hydroxylation is 1. The van der Waals surface area contributed by atoms with Gasteiger partial charge in [-0.2, -0.15) is 8.75 Å². The zero-order valence-corrected chi connectivity index (χ0v) is 12.9. The second-order valence-electron chi connectivity index (χ2n) is 5.36. The predicted molar refractivity (Wildman–Crippen MR) is 88.9 cm³/mol. The van der Waals surface area contributed by atoms with Gasteiger partial charge in [0.2, 0.25) is 0 Å². The van der Waals surface area contributed by atoms with E-state index < -0.39 is 0 Å². The Morgan fingerprint density at radius 2 is 2.05 bits per heavy atom. The van der Waals surface area contributed by atoms with Crippen LogP contribution in [-0.4, -0.2) is 18.3 Å². The molecular weight excluding hydrogens is 292 g/mol. The molecule has 0 N–H and O–H groups in total. The fraction of sp³-hybridized carbons (Fsp3) is 0.118. The minimum absolute atomic E-state index is 0.827. The monoisotopic (exact) mass is 306 g/mol. The van der Waals surface area contributed by atoms with E-state index in [0.717, 1.165) is 17.6 Å². The summed E-state index contributed by atoms with van der Waals surface area (Å²) in [5, 5.41) is 0. The molecule has 0 aliphatic heterocycles. The van der Waals surface area contributed by atoms with Gasteiger partial charge in [-0.3, -0.25) is 0 Å². The Hall–Kier alpha value is -2.53. The lowest BCUT2D eigenvalue weighted by molar-refractivity contribution is 0.797. The van der Waals surface area contributed by atoms with Gasteiger partial charge in [0.15, 0.2) is 0 Å². The third kappa shape index (κ3) is 2.40. The van der Waals surface area contributed by atoms with Crippen molar-refractivity contribution in [1.82, 2.24) is 18.3 Å². The molecule has 0 aliphatic carbocycles. The highest BCUT2D eigenvalue weighted by Gasteiger charge is 2.07. The molecule has 0 atom stereocenters. The molecule has 0 bridgehead atoms. The van der Waals surface area contributed by atoms with E-state index in [-0.39, 0.29) is 0 Å². The highest BCUT2D eigenvalue weighted by atomic mass is 32.1. The highest BCUT2D eigenvalue weighted by molar-refractivity contribution is 7.00. The van der Waals surface area contributed by atoms with Crippen LogP contribution in [0.2, 0.25) is 0 Å². The molecule has 0 aliphatic rings. The summed E-state index contributed by atoms with van der Waals surface area (Å²) in [5.41, 5.74) is 6.79. The van der Waals surface area contributed by atoms with Crippen molar-refractivity contribution >= 4 is 22.8 Å². The molecule has 0 amide bonds. The molecule has 2 aromatic carbocycles. The van der Waals surface area contributed by atoms with E-state index in [4.69, 9.17) is 0 Å². The minimum atomic E-state index is 0.827. The smallest absolute Gasteiger partial charge is 0.107 e. The van der Waals surface area contributed by atoms with Gasteiger partial charge in [-0.05, 0) is 47.4 Å². The van der Waals surface area contributed by atoms with Crippen molar-refractivity contribution in [3.05, 3.63) is 66.2 Å². The SMILES string of the molecule is Cc1cc(-c2cccc(Cn3ccnc3)c2)cc2nsnc12. The van der Waals surface area contributed by atoms with Gasteiger partial charge in [-0.25, -0.2) is 4.98 Å². The molecule has 4 nitrogen and oxygen atoms in total. The van der Waals surface area contributed by atoms with Crippen molar-refractivity contribution in [2.24, 2.45) is 0 Å². The number of benzene rings is 2. The quantitative estimate of drug-likeness (QED) is 0.576. The number of hydrogen-bond donors (Lipinski definition) is 0. The molecule has 0 spiro atoms. The molecule has 4 aromatic rings. The molecule has 2 heterocycles. The molecule has 108 valence electrons. The third-order valence-electron chi connectivity index (χ3n) is 3.74. The van der Waals surface area contributed by atoms with E-state index in [9.17, 15) is 0 Å². The van der Waals surface area contributed by atoms with Crippen molar-refractivity contribution in [3.63, 3.8) is 0 Å². The standard InChI is InChI=1S/C17H14N4S/c1-12-7-15(9-16-17(12)20-22-19-16)14-4-2-3-13(8-14)10-21-6-5-18-11-21/h2-9,11H,10H2,1H3. The summed E-state index contributed by atoms with van der Waals surface area (Å²) in [7, 11) is 0.